The van der Waals surface area contributed by atoms with Gasteiger partial charge in [-0.15, -0.1) is 0 Å². The van der Waals surface area contributed by atoms with Gasteiger partial charge in [0.1, 0.15) is 5.82 Å². The third-order valence-corrected chi connectivity index (χ3v) is 5.64. The minimum absolute atomic E-state index is 0.00970. The number of amides is 1. The van der Waals surface area contributed by atoms with Gasteiger partial charge in [-0.1, -0.05) is 0 Å². The lowest BCUT2D eigenvalue weighted by Crippen LogP contribution is -2.48. The van der Waals surface area contributed by atoms with E-state index >= 15 is 0 Å². The summed E-state index contributed by atoms with van der Waals surface area (Å²) in [5, 5.41) is 4.23. The van der Waals surface area contributed by atoms with Gasteiger partial charge in [0.05, 0.1) is 24.5 Å². The Bertz CT molecular complexity index is 805. The molecular weight excluding hydrogens is 316 g/mol. The van der Waals surface area contributed by atoms with Crippen LogP contribution in [0.15, 0.2) is 6.20 Å². The molecule has 3 heterocycles. The maximum Gasteiger partial charge on any atom is 0.240 e. The lowest BCUT2D eigenvalue weighted by Gasteiger charge is -2.30. The summed E-state index contributed by atoms with van der Waals surface area (Å²) in [6, 6.07) is -0.529. The maximum atomic E-state index is 12.8. The molecule has 7 heteroatoms. The van der Waals surface area contributed by atoms with Crippen LogP contribution in [0.5, 0.6) is 0 Å². The highest BCUT2D eigenvalue weighted by atomic mass is 16.2. The van der Waals surface area contributed by atoms with Crippen molar-refractivity contribution in [1.82, 2.24) is 24.2 Å². The van der Waals surface area contributed by atoms with Crippen LogP contribution in [0.2, 0.25) is 0 Å². The number of imidazole rings is 1. The molecule has 1 amide bonds. The molecule has 0 saturated carbocycles. The van der Waals surface area contributed by atoms with Crippen molar-refractivity contribution in [2.75, 3.05) is 6.54 Å². The van der Waals surface area contributed by atoms with E-state index in [1.165, 1.54) is 24.2 Å². The van der Waals surface area contributed by atoms with Crippen LogP contribution in [-0.2, 0) is 44.2 Å². The number of aromatic nitrogens is 4. The minimum atomic E-state index is -0.529. The van der Waals surface area contributed by atoms with Crippen molar-refractivity contribution < 1.29 is 4.79 Å². The highest BCUT2D eigenvalue weighted by Gasteiger charge is 2.29. The summed E-state index contributed by atoms with van der Waals surface area (Å²) in [5.74, 6) is 1.03. The van der Waals surface area contributed by atoms with E-state index < -0.39 is 6.04 Å². The van der Waals surface area contributed by atoms with E-state index in [4.69, 9.17) is 10.7 Å². The smallest absolute Gasteiger partial charge is 0.240 e. The number of nitrogens with two attached hydrogens (primary N) is 1. The van der Waals surface area contributed by atoms with Gasteiger partial charge in [0.2, 0.25) is 5.91 Å². The Morgan fingerprint density at radius 2 is 2.12 bits per heavy atom. The van der Waals surface area contributed by atoms with Crippen LogP contribution in [0.1, 0.15) is 41.3 Å². The van der Waals surface area contributed by atoms with E-state index in [1.807, 2.05) is 23.6 Å². The van der Waals surface area contributed by atoms with Crippen molar-refractivity contribution in [1.29, 1.82) is 0 Å². The molecular formula is C18H26N6O. The highest BCUT2D eigenvalue weighted by Crippen LogP contribution is 2.25. The second kappa shape index (κ2) is 6.29. The highest BCUT2D eigenvalue weighted by molar-refractivity contribution is 5.82. The quantitative estimate of drug-likeness (QED) is 0.891. The second-order valence-corrected chi connectivity index (χ2v) is 7.23. The van der Waals surface area contributed by atoms with Crippen LogP contribution in [0.25, 0.3) is 0 Å². The van der Waals surface area contributed by atoms with Gasteiger partial charge in [0, 0.05) is 31.5 Å². The molecule has 2 aliphatic rings. The summed E-state index contributed by atoms with van der Waals surface area (Å²) in [6.07, 6.45) is 7.00. The van der Waals surface area contributed by atoms with Crippen LogP contribution in [-0.4, -0.2) is 42.7 Å². The fourth-order valence-electron chi connectivity index (χ4n) is 4.00. The first-order valence-electron chi connectivity index (χ1n) is 9.13. The Labute approximate surface area is 147 Å². The lowest BCUT2D eigenvalue weighted by molar-refractivity contribution is -0.134. The van der Waals surface area contributed by atoms with E-state index in [1.54, 1.807) is 6.20 Å². The van der Waals surface area contributed by atoms with Gasteiger partial charge < -0.3 is 15.2 Å². The zero-order chi connectivity index (χ0) is 17.6. The summed E-state index contributed by atoms with van der Waals surface area (Å²) in [5.41, 5.74) is 11.0. The molecule has 0 saturated heterocycles. The molecule has 1 atom stereocenters. The van der Waals surface area contributed by atoms with E-state index in [0.29, 0.717) is 19.5 Å². The molecule has 0 radical (unpaired) electrons. The average molecular weight is 342 g/mol. The molecule has 7 nitrogen and oxygen atoms in total. The first-order chi connectivity index (χ1) is 12.0. The van der Waals surface area contributed by atoms with E-state index in [9.17, 15) is 4.79 Å². The van der Waals surface area contributed by atoms with Gasteiger partial charge in [0.15, 0.2) is 0 Å². The van der Waals surface area contributed by atoms with E-state index in [0.717, 1.165) is 36.5 Å². The van der Waals surface area contributed by atoms with Crippen LogP contribution in [0.3, 0.4) is 0 Å². The minimum Gasteiger partial charge on any atom is -0.332 e. The number of rotatable bonds is 3. The Morgan fingerprint density at radius 3 is 2.88 bits per heavy atom. The SMILES string of the molecule is Cc1c(CC(N)C(=O)N2CCn3c(nc4c3CCCC4)C2)cnn1C. The lowest BCUT2D eigenvalue weighted by atomic mass is 10.0. The fourth-order valence-corrected chi connectivity index (χ4v) is 4.00. The van der Waals surface area contributed by atoms with Gasteiger partial charge in [-0.2, -0.15) is 5.10 Å². The standard InChI is InChI=1S/C18H26N6O/c1-12-13(10-20-22(12)2)9-14(19)18(25)23-7-8-24-16-6-4-3-5-15(16)21-17(24)11-23/h10,14H,3-9,11,19H2,1-2H3. The van der Waals surface area contributed by atoms with Gasteiger partial charge in [-0.25, -0.2) is 4.98 Å². The zero-order valence-electron chi connectivity index (χ0n) is 15.0. The summed E-state index contributed by atoms with van der Waals surface area (Å²) >= 11 is 0. The Morgan fingerprint density at radius 1 is 1.32 bits per heavy atom. The van der Waals surface area contributed by atoms with Crippen LogP contribution >= 0.6 is 0 Å². The predicted molar refractivity (Wildman–Crippen MR) is 93.9 cm³/mol. The molecule has 25 heavy (non-hydrogen) atoms. The maximum absolute atomic E-state index is 12.8. The Kier molecular flexibility index (Phi) is 4.11. The molecule has 0 spiro atoms. The van der Waals surface area contributed by atoms with Gasteiger partial charge >= 0.3 is 0 Å². The third-order valence-electron chi connectivity index (χ3n) is 5.64. The predicted octanol–water partition coefficient (Wildman–Crippen LogP) is 0.716. The third kappa shape index (κ3) is 2.86. The number of hydrogen-bond donors (Lipinski definition) is 1. The topological polar surface area (TPSA) is 82.0 Å². The molecule has 4 rings (SSSR count). The first-order valence-corrected chi connectivity index (χ1v) is 9.13. The molecule has 2 aromatic rings. The molecule has 0 fully saturated rings. The van der Waals surface area contributed by atoms with Crippen molar-refractivity contribution in [2.24, 2.45) is 12.8 Å². The summed E-state index contributed by atoms with van der Waals surface area (Å²) in [4.78, 5) is 19.5. The number of fused-ring (bicyclic) bond motifs is 3. The molecule has 1 aliphatic heterocycles. The van der Waals surface area contributed by atoms with Crippen molar-refractivity contribution in [3.05, 3.63) is 34.7 Å². The first kappa shape index (κ1) is 16.3. The molecule has 0 aromatic carbocycles. The van der Waals surface area contributed by atoms with E-state index in [-0.39, 0.29) is 5.91 Å². The fraction of sp³-hybridized carbons (Fsp3) is 0.611. The van der Waals surface area contributed by atoms with Crippen LogP contribution in [0, 0.1) is 6.92 Å². The number of carbonyl (C=O) groups excluding carboxylic acids is 1. The molecule has 134 valence electrons. The normalized spacial score (nSPS) is 18.0. The molecule has 1 unspecified atom stereocenters. The number of aryl methyl sites for hydroxylation is 2. The Balaban J connectivity index is 1.46. The summed E-state index contributed by atoms with van der Waals surface area (Å²) in [7, 11) is 1.90. The molecule has 2 aromatic heterocycles. The van der Waals surface area contributed by atoms with Crippen molar-refractivity contribution in [3.63, 3.8) is 0 Å². The van der Waals surface area contributed by atoms with Gasteiger partial charge in [0.25, 0.3) is 0 Å². The number of carbonyl (C=O) groups is 1. The van der Waals surface area contributed by atoms with Gasteiger partial charge in [-0.05, 0) is 44.6 Å². The molecule has 0 bridgehead atoms. The largest absolute Gasteiger partial charge is 0.332 e. The van der Waals surface area contributed by atoms with Crippen molar-refractivity contribution in [2.45, 2.75) is 58.2 Å². The van der Waals surface area contributed by atoms with E-state index in [2.05, 4.69) is 9.67 Å². The molecule has 1 aliphatic carbocycles. The second-order valence-electron chi connectivity index (χ2n) is 7.23. The number of nitrogens with zero attached hydrogens (tertiary/aromatic N) is 5. The van der Waals surface area contributed by atoms with Gasteiger partial charge in [-0.3, -0.25) is 9.48 Å². The average Bonchev–Trinajstić information content (AvgIpc) is 3.15. The number of hydrogen-bond acceptors (Lipinski definition) is 4. The monoisotopic (exact) mass is 342 g/mol. The molecule has 2 N–H and O–H groups in total. The summed E-state index contributed by atoms with van der Waals surface area (Å²) < 4.78 is 4.14. The van der Waals surface area contributed by atoms with Crippen LogP contribution < -0.4 is 5.73 Å². The zero-order valence-corrected chi connectivity index (χ0v) is 15.0. The van der Waals surface area contributed by atoms with Crippen molar-refractivity contribution >= 4 is 5.91 Å². The van der Waals surface area contributed by atoms with Crippen molar-refractivity contribution in [3.8, 4) is 0 Å². The van der Waals surface area contributed by atoms with Crippen LogP contribution in [0.4, 0.5) is 0 Å². The Hall–Kier alpha value is -2.15. The summed E-state index contributed by atoms with van der Waals surface area (Å²) in [6.45, 7) is 4.13.